The molecule has 0 spiro atoms. The highest BCUT2D eigenvalue weighted by molar-refractivity contribution is 4.91. The molecule has 1 aromatic heterocycles. The number of hydrogen-bond acceptors (Lipinski definition) is 5. The van der Waals surface area contributed by atoms with Gasteiger partial charge in [-0.3, -0.25) is 9.58 Å². The fourth-order valence-corrected chi connectivity index (χ4v) is 2.41. The topological polar surface area (TPSA) is 55.2 Å². The van der Waals surface area contributed by atoms with E-state index in [-0.39, 0.29) is 0 Å². The normalized spacial score (nSPS) is 19.4. The fourth-order valence-electron chi connectivity index (χ4n) is 2.41. The zero-order valence-corrected chi connectivity index (χ0v) is 12.0. The van der Waals surface area contributed by atoms with Gasteiger partial charge in [0.1, 0.15) is 0 Å². The maximum atomic E-state index is 5.69. The molecule has 1 aromatic rings. The first-order valence-corrected chi connectivity index (χ1v) is 7.19. The number of ether oxygens (including phenoxy) is 1. The molecule has 0 amide bonds. The van der Waals surface area contributed by atoms with Gasteiger partial charge in [-0.1, -0.05) is 12.1 Å². The second-order valence-corrected chi connectivity index (χ2v) is 5.03. The van der Waals surface area contributed by atoms with Crippen LogP contribution in [0, 0.1) is 0 Å². The highest BCUT2D eigenvalue weighted by Gasteiger charge is 2.18. The second-order valence-electron chi connectivity index (χ2n) is 5.03. The maximum Gasteiger partial charge on any atom is 0.0964 e. The first-order chi connectivity index (χ1) is 9.31. The standard InChI is InChI=1S/C13H25N5O/c1-3-17(11-13-5-4-8-19-13)6-7-18-10-12(9-14-2)15-16-18/h10,13-14H,3-9,11H2,1-2H3. The molecule has 1 unspecified atom stereocenters. The van der Waals surface area contributed by atoms with Crippen LogP contribution in [0.4, 0.5) is 0 Å². The molecule has 1 aliphatic heterocycles. The molecule has 6 nitrogen and oxygen atoms in total. The lowest BCUT2D eigenvalue weighted by atomic mass is 10.2. The van der Waals surface area contributed by atoms with Crippen molar-refractivity contribution in [2.45, 2.75) is 39.0 Å². The van der Waals surface area contributed by atoms with Gasteiger partial charge in [-0.2, -0.15) is 0 Å². The Morgan fingerprint density at radius 1 is 1.58 bits per heavy atom. The predicted molar refractivity (Wildman–Crippen MR) is 73.9 cm³/mol. The maximum absolute atomic E-state index is 5.69. The van der Waals surface area contributed by atoms with Crippen molar-refractivity contribution in [3.05, 3.63) is 11.9 Å². The first-order valence-electron chi connectivity index (χ1n) is 7.19. The third kappa shape index (κ3) is 4.56. The van der Waals surface area contributed by atoms with E-state index in [4.69, 9.17) is 4.74 Å². The molecule has 108 valence electrons. The highest BCUT2D eigenvalue weighted by Crippen LogP contribution is 2.13. The quantitative estimate of drug-likeness (QED) is 0.743. The molecule has 1 aliphatic rings. The Morgan fingerprint density at radius 3 is 3.16 bits per heavy atom. The van der Waals surface area contributed by atoms with Crippen molar-refractivity contribution in [1.29, 1.82) is 0 Å². The van der Waals surface area contributed by atoms with Crippen LogP contribution in [0.2, 0.25) is 0 Å². The van der Waals surface area contributed by atoms with Gasteiger partial charge in [0.25, 0.3) is 0 Å². The van der Waals surface area contributed by atoms with Crippen LogP contribution in [0.5, 0.6) is 0 Å². The van der Waals surface area contributed by atoms with Crippen molar-refractivity contribution in [1.82, 2.24) is 25.2 Å². The Morgan fingerprint density at radius 2 is 2.47 bits per heavy atom. The summed E-state index contributed by atoms with van der Waals surface area (Å²) < 4.78 is 7.61. The Labute approximate surface area is 115 Å². The molecule has 19 heavy (non-hydrogen) atoms. The van der Waals surface area contributed by atoms with Gasteiger partial charge in [0.2, 0.25) is 0 Å². The van der Waals surface area contributed by atoms with Crippen molar-refractivity contribution in [2.24, 2.45) is 0 Å². The number of nitrogens with zero attached hydrogens (tertiary/aromatic N) is 4. The molecule has 2 rings (SSSR count). The van der Waals surface area contributed by atoms with Crippen LogP contribution in [0.3, 0.4) is 0 Å². The molecular weight excluding hydrogens is 242 g/mol. The predicted octanol–water partition coefficient (Wildman–Crippen LogP) is 0.498. The lowest BCUT2D eigenvalue weighted by molar-refractivity contribution is 0.0733. The average Bonchev–Trinajstić information content (AvgIpc) is 3.06. The summed E-state index contributed by atoms with van der Waals surface area (Å²) in [5, 5.41) is 11.3. The van der Waals surface area contributed by atoms with Crippen molar-refractivity contribution < 1.29 is 4.74 Å². The van der Waals surface area contributed by atoms with E-state index in [1.54, 1.807) is 0 Å². The molecule has 0 bridgehead atoms. The second kappa shape index (κ2) is 7.57. The first kappa shape index (κ1) is 14.4. The van der Waals surface area contributed by atoms with Gasteiger partial charge < -0.3 is 10.1 Å². The van der Waals surface area contributed by atoms with Gasteiger partial charge in [0.15, 0.2) is 0 Å². The molecule has 1 fully saturated rings. The van der Waals surface area contributed by atoms with E-state index >= 15 is 0 Å². The monoisotopic (exact) mass is 267 g/mol. The molecule has 1 atom stereocenters. The molecule has 6 heteroatoms. The van der Waals surface area contributed by atoms with E-state index in [0.717, 1.165) is 45.0 Å². The number of nitrogens with one attached hydrogen (secondary N) is 1. The molecule has 0 aliphatic carbocycles. The van der Waals surface area contributed by atoms with Crippen LogP contribution in [0.1, 0.15) is 25.5 Å². The molecular formula is C13H25N5O. The number of aromatic nitrogens is 3. The summed E-state index contributed by atoms with van der Waals surface area (Å²) in [5.41, 5.74) is 0.990. The van der Waals surface area contributed by atoms with Crippen LogP contribution in [-0.4, -0.2) is 59.3 Å². The third-order valence-electron chi connectivity index (χ3n) is 3.52. The summed E-state index contributed by atoms with van der Waals surface area (Å²) in [6.45, 7) is 7.87. The van der Waals surface area contributed by atoms with Crippen LogP contribution < -0.4 is 5.32 Å². The van der Waals surface area contributed by atoms with Crippen molar-refractivity contribution in [3.63, 3.8) is 0 Å². The Balaban J connectivity index is 1.74. The molecule has 0 radical (unpaired) electrons. The largest absolute Gasteiger partial charge is 0.377 e. The van der Waals surface area contributed by atoms with Crippen LogP contribution in [0.25, 0.3) is 0 Å². The van der Waals surface area contributed by atoms with Crippen LogP contribution in [-0.2, 0) is 17.8 Å². The SMILES string of the molecule is CCN(CCn1cc(CNC)nn1)CC1CCCO1. The van der Waals surface area contributed by atoms with Gasteiger partial charge in [-0.15, -0.1) is 5.10 Å². The minimum atomic E-state index is 0.426. The van der Waals surface area contributed by atoms with Gasteiger partial charge in [-0.05, 0) is 26.4 Å². The molecule has 0 aromatic carbocycles. The van der Waals surface area contributed by atoms with E-state index in [9.17, 15) is 0 Å². The van der Waals surface area contributed by atoms with Gasteiger partial charge in [0.05, 0.1) is 18.3 Å². The van der Waals surface area contributed by atoms with Gasteiger partial charge in [0, 0.05) is 32.4 Å². The summed E-state index contributed by atoms with van der Waals surface area (Å²) in [4.78, 5) is 2.43. The molecule has 1 N–H and O–H groups in total. The molecule has 1 saturated heterocycles. The van der Waals surface area contributed by atoms with Crippen molar-refractivity contribution in [2.75, 3.05) is 33.3 Å². The fraction of sp³-hybridized carbons (Fsp3) is 0.846. The lowest BCUT2D eigenvalue weighted by Gasteiger charge is -2.23. The van der Waals surface area contributed by atoms with E-state index in [2.05, 4.69) is 27.5 Å². The number of rotatable bonds is 8. The Hall–Kier alpha value is -0.980. The smallest absolute Gasteiger partial charge is 0.0964 e. The Bertz CT molecular complexity index is 362. The Kier molecular flexibility index (Phi) is 5.75. The number of likely N-dealkylation sites (N-methyl/N-ethyl adjacent to an activating group) is 1. The lowest BCUT2D eigenvalue weighted by Crippen LogP contribution is -2.34. The summed E-state index contributed by atoms with van der Waals surface area (Å²) >= 11 is 0. The summed E-state index contributed by atoms with van der Waals surface area (Å²) in [6.07, 6.45) is 4.84. The average molecular weight is 267 g/mol. The van der Waals surface area contributed by atoms with Gasteiger partial charge >= 0.3 is 0 Å². The van der Waals surface area contributed by atoms with E-state index in [0.29, 0.717) is 6.10 Å². The molecule has 0 saturated carbocycles. The highest BCUT2D eigenvalue weighted by atomic mass is 16.5. The van der Waals surface area contributed by atoms with E-state index in [1.165, 1.54) is 12.8 Å². The minimum Gasteiger partial charge on any atom is -0.377 e. The van der Waals surface area contributed by atoms with Crippen LogP contribution >= 0.6 is 0 Å². The minimum absolute atomic E-state index is 0.426. The van der Waals surface area contributed by atoms with Crippen LogP contribution in [0.15, 0.2) is 6.20 Å². The van der Waals surface area contributed by atoms with Crippen molar-refractivity contribution >= 4 is 0 Å². The molecule has 2 heterocycles. The van der Waals surface area contributed by atoms with E-state index in [1.807, 2.05) is 17.9 Å². The summed E-state index contributed by atoms with van der Waals surface area (Å²) in [5.74, 6) is 0. The van der Waals surface area contributed by atoms with Gasteiger partial charge in [-0.25, -0.2) is 0 Å². The third-order valence-corrected chi connectivity index (χ3v) is 3.52. The van der Waals surface area contributed by atoms with Crippen molar-refractivity contribution in [3.8, 4) is 0 Å². The zero-order chi connectivity index (χ0) is 13.5. The summed E-state index contributed by atoms with van der Waals surface area (Å²) in [6, 6.07) is 0. The van der Waals surface area contributed by atoms with E-state index < -0.39 is 0 Å². The zero-order valence-electron chi connectivity index (χ0n) is 12.0. The summed E-state index contributed by atoms with van der Waals surface area (Å²) in [7, 11) is 1.92. The number of hydrogen-bond donors (Lipinski definition) is 1.